The van der Waals surface area contributed by atoms with Crippen LogP contribution in [0.15, 0.2) is 36.4 Å². The molecule has 0 nitrogen and oxygen atoms in total. The van der Waals surface area contributed by atoms with Crippen molar-refractivity contribution in [1.82, 2.24) is 0 Å². The third kappa shape index (κ3) is 1.63. The average Bonchev–Trinajstić information content (AvgIpc) is 2.58. The summed E-state index contributed by atoms with van der Waals surface area (Å²) in [6.07, 6.45) is 1.46. The first-order chi connectivity index (χ1) is 6.80. The molecule has 2 aromatic carbocycles. The van der Waals surface area contributed by atoms with Crippen LogP contribution in [0.5, 0.6) is 0 Å². The first-order valence-electron chi connectivity index (χ1n) is 5.45. The molecule has 1 aliphatic heterocycles. The molecule has 1 aliphatic rings. The molecule has 0 N–H and O–H groups in total. The van der Waals surface area contributed by atoms with Crippen molar-refractivity contribution in [3.8, 4) is 0 Å². The second-order valence-corrected chi connectivity index (χ2v) is 9.41. The van der Waals surface area contributed by atoms with E-state index in [1.807, 2.05) is 0 Å². The topological polar surface area (TPSA) is 0 Å². The van der Waals surface area contributed by atoms with Crippen LogP contribution in [0.2, 0.25) is 18.6 Å². The van der Waals surface area contributed by atoms with Crippen molar-refractivity contribution >= 4 is 24.0 Å². The van der Waals surface area contributed by atoms with Crippen LogP contribution < -0.4 is 24.0 Å². The van der Waals surface area contributed by atoms with E-state index in [2.05, 4.69) is 42.9 Å². The molecular weight excluding hydrogens is 191 g/mol. The van der Waals surface area contributed by atoms with E-state index < -0.39 is 8.07 Å². The molecule has 1 saturated heterocycles. The van der Waals surface area contributed by atoms with Gasteiger partial charge in [-0.25, -0.2) is 0 Å². The van der Waals surface area contributed by atoms with Crippen LogP contribution in [0.1, 0.15) is 6.42 Å². The fourth-order valence-corrected chi connectivity index (χ4v) is 5.97. The van der Waals surface area contributed by atoms with E-state index in [-0.39, 0.29) is 18.9 Å². The van der Waals surface area contributed by atoms with Crippen molar-refractivity contribution in [2.24, 2.45) is 0 Å². The van der Waals surface area contributed by atoms with Gasteiger partial charge in [0.15, 0.2) is 0 Å². The minimum Gasteiger partial charge on any atom is -0.168 e. The zero-order valence-corrected chi connectivity index (χ0v) is 10.6. The maximum Gasteiger partial charge on any atom is 1.00 e. The Labute approximate surface area is 104 Å². The second kappa shape index (κ2) is 3.90. The standard InChI is InChI=1S/C13H15Si.Li/c1-14(9-4-10-14)13-8-7-11-5-2-3-6-12(11)13;/h2-3,5-8H,4,9-10H2,1H3;/q-1;+1. The SMILES string of the molecule is C[Si]1([c-]2ccc3ccccc32)CCC1.[Li+]. The molecule has 0 amide bonds. The van der Waals surface area contributed by atoms with Crippen LogP contribution >= 0.6 is 0 Å². The summed E-state index contributed by atoms with van der Waals surface area (Å²) >= 11 is 0. The van der Waals surface area contributed by atoms with Gasteiger partial charge in [-0.2, -0.15) is 12.1 Å². The van der Waals surface area contributed by atoms with Gasteiger partial charge in [0.25, 0.3) is 0 Å². The number of fused-ring (bicyclic) bond motifs is 1. The van der Waals surface area contributed by atoms with Crippen molar-refractivity contribution in [2.45, 2.75) is 25.1 Å². The number of hydrogen-bond donors (Lipinski definition) is 0. The fourth-order valence-electron chi connectivity index (χ4n) is 2.65. The predicted octanol–water partition coefficient (Wildman–Crippen LogP) is 0.252. The second-order valence-electron chi connectivity index (χ2n) is 4.75. The number of benzene rings is 1. The van der Waals surface area contributed by atoms with E-state index in [0.29, 0.717) is 0 Å². The summed E-state index contributed by atoms with van der Waals surface area (Å²) in [5, 5.41) is 4.67. The molecule has 72 valence electrons. The molecule has 0 radical (unpaired) electrons. The monoisotopic (exact) mass is 206 g/mol. The van der Waals surface area contributed by atoms with Gasteiger partial charge in [-0.05, 0) is 0 Å². The molecule has 0 aromatic heterocycles. The van der Waals surface area contributed by atoms with Crippen LogP contribution in [0.25, 0.3) is 10.8 Å². The molecule has 0 spiro atoms. The Bertz CT molecular complexity index is 468. The zero-order chi connectivity index (χ0) is 9.60. The van der Waals surface area contributed by atoms with Crippen LogP contribution in [0, 0.1) is 0 Å². The van der Waals surface area contributed by atoms with Gasteiger partial charge < -0.3 is 0 Å². The van der Waals surface area contributed by atoms with Crippen molar-refractivity contribution in [3.05, 3.63) is 36.4 Å². The molecule has 0 atom stereocenters. The van der Waals surface area contributed by atoms with Gasteiger partial charge in [0, 0.05) is 8.07 Å². The van der Waals surface area contributed by atoms with Gasteiger partial charge in [-0.15, -0.1) is 34.2 Å². The van der Waals surface area contributed by atoms with Gasteiger partial charge in [0.2, 0.25) is 0 Å². The largest absolute Gasteiger partial charge is 1.00 e. The summed E-state index contributed by atoms with van der Waals surface area (Å²) in [6, 6.07) is 16.5. The number of rotatable bonds is 1. The van der Waals surface area contributed by atoms with Gasteiger partial charge >= 0.3 is 18.9 Å². The molecule has 1 fully saturated rings. The van der Waals surface area contributed by atoms with Crippen molar-refractivity contribution < 1.29 is 18.9 Å². The normalized spacial score (nSPS) is 18.2. The molecular formula is C13H15LiSi. The summed E-state index contributed by atoms with van der Waals surface area (Å²) < 4.78 is 0. The van der Waals surface area contributed by atoms with Crippen LogP contribution in [0.3, 0.4) is 0 Å². The van der Waals surface area contributed by atoms with Gasteiger partial charge in [0.1, 0.15) is 0 Å². The Kier molecular flexibility index (Phi) is 2.90. The Balaban J connectivity index is 0.000000853. The van der Waals surface area contributed by atoms with E-state index in [1.165, 1.54) is 29.3 Å². The van der Waals surface area contributed by atoms with E-state index in [0.717, 1.165) is 0 Å². The van der Waals surface area contributed by atoms with Crippen LogP contribution in [-0.4, -0.2) is 8.07 Å². The molecule has 3 rings (SSSR count). The maximum absolute atomic E-state index is 2.54. The molecule has 0 aliphatic carbocycles. The van der Waals surface area contributed by atoms with E-state index in [9.17, 15) is 0 Å². The van der Waals surface area contributed by atoms with E-state index in [4.69, 9.17) is 0 Å². The summed E-state index contributed by atoms with van der Waals surface area (Å²) in [5.74, 6) is 0. The predicted molar refractivity (Wildman–Crippen MR) is 65.0 cm³/mol. The van der Waals surface area contributed by atoms with Gasteiger partial charge in [-0.1, -0.05) is 31.1 Å². The molecule has 1 heterocycles. The molecule has 15 heavy (non-hydrogen) atoms. The quantitative estimate of drug-likeness (QED) is 0.463. The smallest absolute Gasteiger partial charge is 0.168 e. The minimum absolute atomic E-state index is 0. The average molecular weight is 206 g/mol. The zero-order valence-electron chi connectivity index (χ0n) is 9.59. The third-order valence-corrected chi connectivity index (χ3v) is 8.44. The summed E-state index contributed by atoms with van der Waals surface area (Å²) in [5.41, 5.74) is 0. The first kappa shape index (κ1) is 11.1. The van der Waals surface area contributed by atoms with Crippen molar-refractivity contribution in [3.63, 3.8) is 0 Å². The minimum atomic E-state index is -0.985. The van der Waals surface area contributed by atoms with Gasteiger partial charge in [-0.3, -0.25) is 0 Å². The van der Waals surface area contributed by atoms with Crippen molar-refractivity contribution in [2.75, 3.05) is 0 Å². The Morgan fingerprint density at radius 2 is 1.87 bits per heavy atom. The van der Waals surface area contributed by atoms with Crippen molar-refractivity contribution in [1.29, 1.82) is 0 Å². The maximum atomic E-state index is 2.54. The molecule has 2 heteroatoms. The first-order valence-corrected chi connectivity index (χ1v) is 8.36. The summed E-state index contributed by atoms with van der Waals surface area (Å²) in [6.45, 7) is 2.54. The Morgan fingerprint density at radius 1 is 1.13 bits per heavy atom. The van der Waals surface area contributed by atoms with Crippen LogP contribution in [-0.2, 0) is 0 Å². The fraction of sp³-hybridized carbons (Fsp3) is 0.308. The Hall–Kier alpha value is -0.356. The third-order valence-electron chi connectivity index (χ3n) is 3.79. The molecule has 0 bridgehead atoms. The molecule has 0 saturated carbocycles. The number of hydrogen-bond acceptors (Lipinski definition) is 0. The van der Waals surface area contributed by atoms with E-state index >= 15 is 0 Å². The van der Waals surface area contributed by atoms with Gasteiger partial charge in [0.05, 0.1) is 0 Å². The summed E-state index contributed by atoms with van der Waals surface area (Å²) in [4.78, 5) is 0. The molecule has 0 unspecified atom stereocenters. The van der Waals surface area contributed by atoms with E-state index in [1.54, 1.807) is 5.19 Å². The summed E-state index contributed by atoms with van der Waals surface area (Å²) in [7, 11) is -0.985. The Morgan fingerprint density at radius 3 is 2.53 bits per heavy atom. The molecule has 2 aromatic rings. The van der Waals surface area contributed by atoms with Crippen LogP contribution in [0.4, 0.5) is 0 Å².